The van der Waals surface area contributed by atoms with Gasteiger partial charge in [-0.25, -0.2) is 4.98 Å². The van der Waals surface area contributed by atoms with Crippen molar-refractivity contribution in [2.45, 2.75) is 13.8 Å². The van der Waals surface area contributed by atoms with E-state index in [2.05, 4.69) is 36.3 Å². The lowest BCUT2D eigenvalue weighted by atomic mass is 10.1. The molecule has 0 fully saturated rings. The third kappa shape index (κ3) is 3.38. The zero-order valence-corrected chi connectivity index (χ0v) is 13.2. The molecule has 2 aromatic carbocycles. The van der Waals surface area contributed by atoms with Crippen molar-refractivity contribution in [2.75, 3.05) is 5.32 Å². The Balaban J connectivity index is 2.02. The minimum Gasteiger partial charge on any atom is -0.339 e. The molecule has 1 N–H and O–H groups in total. The van der Waals surface area contributed by atoms with Crippen molar-refractivity contribution in [3.05, 3.63) is 77.4 Å². The van der Waals surface area contributed by atoms with Gasteiger partial charge in [0, 0.05) is 11.3 Å². The summed E-state index contributed by atoms with van der Waals surface area (Å²) in [5.41, 5.74) is 5.69. The molecule has 0 aliphatic carbocycles. The standard InChI is InChI=1S/C20H17N3/c1-14-10-15(2)12-18(11-14)22-20-17(13-21)8-9-19(23-20)16-6-4-3-5-7-16/h3-12H,1-2H3,(H,22,23). The van der Waals surface area contributed by atoms with Crippen LogP contribution in [0.4, 0.5) is 11.5 Å². The fraction of sp³-hybridized carbons (Fsp3) is 0.100. The Kier molecular flexibility index (Phi) is 4.07. The Bertz CT molecular complexity index is 857. The van der Waals surface area contributed by atoms with E-state index < -0.39 is 0 Å². The van der Waals surface area contributed by atoms with E-state index >= 15 is 0 Å². The normalized spacial score (nSPS) is 10.1. The van der Waals surface area contributed by atoms with Crippen molar-refractivity contribution in [1.82, 2.24) is 4.98 Å². The molecule has 0 bridgehead atoms. The molecular weight excluding hydrogens is 282 g/mol. The van der Waals surface area contributed by atoms with Crippen LogP contribution in [0.25, 0.3) is 11.3 Å². The maximum Gasteiger partial charge on any atom is 0.149 e. The summed E-state index contributed by atoms with van der Waals surface area (Å²) in [6.07, 6.45) is 0. The van der Waals surface area contributed by atoms with Crippen molar-refractivity contribution < 1.29 is 0 Å². The second kappa shape index (κ2) is 6.33. The summed E-state index contributed by atoms with van der Waals surface area (Å²) in [7, 11) is 0. The lowest BCUT2D eigenvalue weighted by Gasteiger charge is -2.11. The summed E-state index contributed by atoms with van der Waals surface area (Å²) in [5, 5.41) is 12.6. The third-order valence-electron chi connectivity index (χ3n) is 3.57. The molecule has 3 heteroatoms. The molecule has 1 heterocycles. The average Bonchev–Trinajstić information content (AvgIpc) is 2.54. The number of hydrogen-bond acceptors (Lipinski definition) is 3. The number of anilines is 2. The number of nitrogens with one attached hydrogen (secondary N) is 1. The van der Waals surface area contributed by atoms with Crippen LogP contribution in [0.1, 0.15) is 16.7 Å². The van der Waals surface area contributed by atoms with E-state index in [0.717, 1.165) is 16.9 Å². The second-order valence-corrected chi connectivity index (χ2v) is 5.57. The molecule has 1 aromatic heterocycles. The van der Waals surface area contributed by atoms with Gasteiger partial charge in [-0.1, -0.05) is 36.4 Å². The van der Waals surface area contributed by atoms with Gasteiger partial charge in [0.25, 0.3) is 0 Å². The fourth-order valence-corrected chi connectivity index (χ4v) is 2.60. The number of benzene rings is 2. The Labute approximate surface area is 136 Å². The van der Waals surface area contributed by atoms with E-state index in [4.69, 9.17) is 0 Å². The number of hydrogen-bond donors (Lipinski definition) is 1. The van der Waals surface area contributed by atoms with E-state index in [1.54, 1.807) is 6.07 Å². The third-order valence-corrected chi connectivity index (χ3v) is 3.57. The van der Waals surface area contributed by atoms with E-state index in [-0.39, 0.29) is 0 Å². The maximum absolute atomic E-state index is 9.34. The fourth-order valence-electron chi connectivity index (χ4n) is 2.60. The molecule has 0 aliphatic rings. The highest BCUT2D eigenvalue weighted by molar-refractivity contribution is 5.69. The van der Waals surface area contributed by atoms with Crippen LogP contribution in [0.5, 0.6) is 0 Å². The van der Waals surface area contributed by atoms with Gasteiger partial charge < -0.3 is 5.32 Å². The van der Waals surface area contributed by atoms with Gasteiger partial charge in [-0.15, -0.1) is 0 Å². The monoisotopic (exact) mass is 299 g/mol. The molecule has 3 aromatic rings. The van der Waals surface area contributed by atoms with Gasteiger partial charge >= 0.3 is 0 Å². The van der Waals surface area contributed by atoms with Gasteiger partial charge in [-0.2, -0.15) is 5.26 Å². The molecule has 0 aliphatic heterocycles. The summed E-state index contributed by atoms with van der Waals surface area (Å²) in [4.78, 5) is 4.63. The van der Waals surface area contributed by atoms with Crippen LogP contribution in [0.15, 0.2) is 60.7 Å². The topological polar surface area (TPSA) is 48.7 Å². The molecule has 112 valence electrons. The summed E-state index contributed by atoms with van der Waals surface area (Å²) in [5.74, 6) is 0.582. The largest absolute Gasteiger partial charge is 0.339 e. The highest BCUT2D eigenvalue weighted by Gasteiger charge is 2.08. The Morgan fingerprint density at radius 3 is 2.26 bits per heavy atom. The smallest absolute Gasteiger partial charge is 0.149 e. The number of pyridine rings is 1. The van der Waals surface area contributed by atoms with E-state index in [9.17, 15) is 5.26 Å². The number of aromatic nitrogens is 1. The summed E-state index contributed by atoms with van der Waals surface area (Å²) in [6.45, 7) is 4.11. The molecule has 23 heavy (non-hydrogen) atoms. The lowest BCUT2D eigenvalue weighted by Crippen LogP contribution is -1.99. The number of nitrogens with zero attached hydrogens (tertiary/aromatic N) is 2. The summed E-state index contributed by atoms with van der Waals surface area (Å²) >= 11 is 0. The molecular formula is C20H17N3. The van der Waals surface area contributed by atoms with E-state index in [1.807, 2.05) is 48.5 Å². The Morgan fingerprint density at radius 1 is 0.913 bits per heavy atom. The van der Waals surface area contributed by atoms with Gasteiger partial charge in [-0.05, 0) is 49.2 Å². The number of aryl methyl sites for hydroxylation is 2. The second-order valence-electron chi connectivity index (χ2n) is 5.57. The first kappa shape index (κ1) is 14.8. The maximum atomic E-state index is 9.34. The van der Waals surface area contributed by atoms with E-state index in [1.165, 1.54) is 11.1 Å². The van der Waals surface area contributed by atoms with Crippen molar-refractivity contribution in [1.29, 1.82) is 5.26 Å². The van der Waals surface area contributed by atoms with Crippen LogP contribution >= 0.6 is 0 Å². The highest BCUT2D eigenvalue weighted by Crippen LogP contribution is 2.25. The summed E-state index contributed by atoms with van der Waals surface area (Å²) < 4.78 is 0. The van der Waals surface area contributed by atoms with Crippen LogP contribution < -0.4 is 5.32 Å². The van der Waals surface area contributed by atoms with Gasteiger partial charge in [0.15, 0.2) is 0 Å². The molecule has 0 amide bonds. The average molecular weight is 299 g/mol. The molecule has 0 atom stereocenters. The van der Waals surface area contributed by atoms with Crippen LogP contribution in [0, 0.1) is 25.2 Å². The molecule has 0 spiro atoms. The zero-order valence-electron chi connectivity index (χ0n) is 13.2. The van der Waals surface area contributed by atoms with Crippen molar-refractivity contribution >= 4 is 11.5 Å². The van der Waals surface area contributed by atoms with Gasteiger partial charge in [-0.3, -0.25) is 0 Å². The lowest BCUT2D eigenvalue weighted by molar-refractivity contribution is 1.28. The van der Waals surface area contributed by atoms with Crippen LogP contribution in [0.3, 0.4) is 0 Å². The first-order valence-corrected chi connectivity index (χ1v) is 7.47. The quantitative estimate of drug-likeness (QED) is 0.742. The number of rotatable bonds is 3. The van der Waals surface area contributed by atoms with Crippen molar-refractivity contribution in [3.8, 4) is 17.3 Å². The van der Waals surface area contributed by atoms with Crippen LogP contribution in [-0.2, 0) is 0 Å². The predicted molar refractivity (Wildman–Crippen MR) is 93.6 cm³/mol. The van der Waals surface area contributed by atoms with Gasteiger partial charge in [0.05, 0.1) is 11.3 Å². The first-order chi connectivity index (χ1) is 11.2. The molecule has 3 nitrogen and oxygen atoms in total. The molecule has 0 saturated heterocycles. The van der Waals surface area contributed by atoms with Crippen LogP contribution in [-0.4, -0.2) is 4.98 Å². The predicted octanol–water partition coefficient (Wildman–Crippen LogP) is 4.98. The molecule has 0 unspecified atom stereocenters. The Hall–Kier alpha value is -3.12. The van der Waals surface area contributed by atoms with Gasteiger partial charge in [0.2, 0.25) is 0 Å². The Morgan fingerprint density at radius 2 is 1.61 bits per heavy atom. The molecule has 3 rings (SSSR count). The summed E-state index contributed by atoms with van der Waals surface area (Å²) in [6, 6.07) is 22.0. The van der Waals surface area contributed by atoms with Crippen molar-refractivity contribution in [3.63, 3.8) is 0 Å². The molecule has 0 saturated carbocycles. The highest BCUT2D eigenvalue weighted by atomic mass is 15.0. The minimum atomic E-state index is 0.531. The zero-order chi connectivity index (χ0) is 16.2. The van der Waals surface area contributed by atoms with E-state index in [0.29, 0.717) is 11.4 Å². The molecule has 0 radical (unpaired) electrons. The number of nitriles is 1. The van der Waals surface area contributed by atoms with Crippen LogP contribution in [0.2, 0.25) is 0 Å². The van der Waals surface area contributed by atoms with Crippen molar-refractivity contribution in [2.24, 2.45) is 0 Å². The van der Waals surface area contributed by atoms with Gasteiger partial charge in [0.1, 0.15) is 11.9 Å². The minimum absolute atomic E-state index is 0.531. The first-order valence-electron chi connectivity index (χ1n) is 7.47. The SMILES string of the molecule is Cc1cc(C)cc(Nc2nc(-c3ccccc3)ccc2C#N)c1.